The fraction of sp³-hybridized carbons (Fsp3) is 0.300. The van der Waals surface area contributed by atoms with Gasteiger partial charge in [0.1, 0.15) is 0 Å². The predicted octanol–water partition coefficient (Wildman–Crippen LogP) is 1.55. The summed E-state index contributed by atoms with van der Waals surface area (Å²) < 4.78 is 1.69. The van der Waals surface area contributed by atoms with Crippen LogP contribution < -0.4 is 0 Å². The van der Waals surface area contributed by atoms with E-state index in [0.29, 0.717) is 5.65 Å². The highest BCUT2D eigenvalue weighted by Crippen LogP contribution is 2.15. The van der Waals surface area contributed by atoms with Gasteiger partial charge in [-0.2, -0.15) is 0 Å². The maximum Gasteiger partial charge on any atom is 0.358 e. The number of carbonyl (C=O) groups is 1. The molecular weight excluding hydrogens is 194 g/mol. The Labute approximate surface area is 86.4 Å². The van der Waals surface area contributed by atoms with E-state index in [1.807, 2.05) is 20.0 Å². The van der Waals surface area contributed by atoms with Gasteiger partial charge in [-0.1, -0.05) is 13.8 Å². The zero-order valence-electron chi connectivity index (χ0n) is 8.51. The Morgan fingerprint density at radius 3 is 2.87 bits per heavy atom. The molecule has 0 fully saturated rings. The van der Waals surface area contributed by atoms with Crippen LogP contribution >= 0.6 is 0 Å². The van der Waals surface area contributed by atoms with E-state index in [2.05, 4.69) is 9.97 Å². The monoisotopic (exact) mass is 205 g/mol. The number of carboxylic acid groups (broad SMARTS) is 1. The number of nitrogens with zero attached hydrogens (tertiary/aromatic N) is 3. The summed E-state index contributed by atoms with van der Waals surface area (Å²) >= 11 is 0. The van der Waals surface area contributed by atoms with Crippen molar-refractivity contribution < 1.29 is 9.90 Å². The van der Waals surface area contributed by atoms with Gasteiger partial charge in [-0.05, 0) is 5.92 Å². The number of imidazole rings is 1. The zero-order chi connectivity index (χ0) is 11.0. The van der Waals surface area contributed by atoms with Gasteiger partial charge in [0.25, 0.3) is 0 Å². The molecule has 0 aliphatic carbocycles. The van der Waals surface area contributed by atoms with Gasteiger partial charge in [-0.15, -0.1) is 0 Å². The van der Waals surface area contributed by atoms with Crippen LogP contribution in [-0.4, -0.2) is 25.4 Å². The minimum atomic E-state index is -1.05. The van der Waals surface area contributed by atoms with Crippen molar-refractivity contribution in [2.24, 2.45) is 0 Å². The van der Waals surface area contributed by atoms with Gasteiger partial charge in [0.05, 0.1) is 5.69 Å². The molecule has 2 aromatic rings. The fourth-order valence-corrected chi connectivity index (χ4v) is 1.37. The zero-order valence-corrected chi connectivity index (χ0v) is 8.51. The van der Waals surface area contributed by atoms with E-state index >= 15 is 0 Å². The van der Waals surface area contributed by atoms with Gasteiger partial charge in [-0.25, -0.2) is 14.8 Å². The molecule has 0 aliphatic heterocycles. The van der Waals surface area contributed by atoms with Crippen molar-refractivity contribution >= 4 is 11.6 Å². The molecule has 0 radical (unpaired) electrons. The summed E-state index contributed by atoms with van der Waals surface area (Å²) in [6, 6.07) is 0. The molecule has 0 unspecified atom stereocenters. The standard InChI is InChI=1S/C10H11N3O2/c1-6(2)7-5-13-4-3-11-8(10(14)15)9(13)12-7/h3-6H,1-2H3,(H,14,15). The van der Waals surface area contributed by atoms with E-state index in [0.717, 1.165) is 5.69 Å². The molecule has 2 aromatic heterocycles. The largest absolute Gasteiger partial charge is 0.476 e. The van der Waals surface area contributed by atoms with Crippen LogP contribution in [0.15, 0.2) is 18.6 Å². The highest BCUT2D eigenvalue weighted by Gasteiger charge is 2.14. The summed E-state index contributed by atoms with van der Waals surface area (Å²) in [6.45, 7) is 4.02. The van der Waals surface area contributed by atoms with Crippen LogP contribution in [0.25, 0.3) is 5.65 Å². The van der Waals surface area contributed by atoms with Gasteiger partial charge in [-0.3, -0.25) is 0 Å². The Kier molecular flexibility index (Phi) is 2.15. The van der Waals surface area contributed by atoms with Crippen LogP contribution in [0.1, 0.15) is 35.9 Å². The molecular formula is C10H11N3O2. The third-order valence-electron chi connectivity index (χ3n) is 2.19. The molecule has 0 aliphatic rings. The van der Waals surface area contributed by atoms with Crippen LogP contribution in [0.5, 0.6) is 0 Å². The number of carboxylic acids is 1. The summed E-state index contributed by atoms with van der Waals surface area (Å²) in [6.07, 6.45) is 4.98. The van der Waals surface area contributed by atoms with Crippen molar-refractivity contribution in [2.45, 2.75) is 19.8 Å². The minimum absolute atomic E-state index is 0.00981. The Morgan fingerprint density at radius 2 is 2.27 bits per heavy atom. The van der Waals surface area contributed by atoms with Gasteiger partial charge in [0, 0.05) is 18.6 Å². The summed E-state index contributed by atoms with van der Waals surface area (Å²) in [4.78, 5) is 18.9. The minimum Gasteiger partial charge on any atom is -0.476 e. The number of hydrogen-bond acceptors (Lipinski definition) is 3. The van der Waals surface area contributed by atoms with Crippen LogP contribution in [0, 0.1) is 0 Å². The van der Waals surface area contributed by atoms with Crippen molar-refractivity contribution in [2.75, 3.05) is 0 Å². The number of fused-ring (bicyclic) bond motifs is 1. The second-order valence-electron chi connectivity index (χ2n) is 3.63. The average Bonchev–Trinajstić information content (AvgIpc) is 2.60. The first kappa shape index (κ1) is 9.64. The molecule has 15 heavy (non-hydrogen) atoms. The van der Waals surface area contributed by atoms with E-state index < -0.39 is 5.97 Å². The second-order valence-corrected chi connectivity index (χ2v) is 3.63. The van der Waals surface area contributed by atoms with Gasteiger partial charge >= 0.3 is 5.97 Å². The SMILES string of the molecule is CC(C)c1cn2ccnc(C(=O)O)c2n1. The number of rotatable bonds is 2. The highest BCUT2D eigenvalue weighted by molar-refractivity contribution is 5.91. The van der Waals surface area contributed by atoms with Crippen molar-refractivity contribution in [1.29, 1.82) is 0 Å². The lowest BCUT2D eigenvalue weighted by Crippen LogP contribution is -2.03. The number of aromatic nitrogens is 3. The molecule has 5 heteroatoms. The highest BCUT2D eigenvalue weighted by atomic mass is 16.4. The fourth-order valence-electron chi connectivity index (χ4n) is 1.37. The van der Waals surface area contributed by atoms with Gasteiger partial charge < -0.3 is 9.51 Å². The van der Waals surface area contributed by atoms with Crippen LogP contribution in [0.2, 0.25) is 0 Å². The molecule has 5 nitrogen and oxygen atoms in total. The third-order valence-corrected chi connectivity index (χ3v) is 2.19. The summed E-state index contributed by atoms with van der Waals surface area (Å²) in [5.74, 6) is -0.784. The molecule has 0 atom stereocenters. The lowest BCUT2D eigenvalue weighted by atomic mass is 10.2. The average molecular weight is 205 g/mol. The van der Waals surface area contributed by atoms with Crippen molar-refractivity contribution in [3.63, 3.8) is 0 Å². The van der Waals surface area contributed by atoms with Crippen LogP contribution in [0.3, 0.4) is 0 Å². The lowest BCUT2D eigenvalue weighted by Gasteiger charge is -1.95. The third kappa shape index (κ3) is 1.56. The Hall–Kier alpha value is -1.91. The number of hydrogen-bond donors (Lipinski definition) is 1. The topological polar surface area (TPSA) is 67.5 Å². The Balaban J connectivity index is 2.70. The van der Waals surface area contributed by atoms with Crippen molar-refractivity contribution in [3.05, 3.63) is 30.0 Å². The van der Waals surface area contributed by atoms with E-state index in [4.69, 9.17) is 5.11 Å². The maximum atomic E-state index is 10.9. The molecule has 0 bridgehead atoms. The first-order chi connectivity index (χ1) is 7.09. The van der Waals surface area contributed by atoms with Crippen LogP contribution in [-0.2, 0) is 0 Å². The summed E-state index contributed by atoms with van der Waals surface area (Å²) in [5, 5.41) is 8.91. The van der Waals surface area contributed by atoms with Gasteiger partial charge in [0.15, 0.2) is 11.3 Å². The predicted molar refractivity (Wildman–Crippen MR) is 54.0 cm³/mol. The van der Waals surface area contributed by atoms with E-state index in [1.54, 1.807) is 10.6 Å². The maximum absolute atomic E-state index is 10.9. The number of aromatic carboxylic acids is 1. The molecule has 0 amide bonds. The smallest absolute Gasteiger partial charge is 0.358 e. The Bertz CT molecular complexity index is 516. The Morgan fingerprint density at radius 1 is 1.53 bits per heavy atom. The van der Waals surface area contributed by atoms with Crippen molar-refractivity contribution in [3.8, 4) is 0 Å². The normalized spacial score (nSPS) is 11.1. The summed E-state index contributed by atoms with van der Waals surface area (Å²) in [5.41, 5.74) is 1.25. The molecule has 0 saturated heterocycles. The molecule has 2 rings (SSSR count). The molecule has 0 aromatic carbocycles. The first-order valence-electron chi connectivity index (χ1n) is 4.66. The van der Waals surface area contributed by atoms with Crippen molar-refractivity contribution in [1.82, 2.24) is 14.4 Å². The van der Waals surface area contributed by atoms with Crippen LogP contribution in [0.4, 0.5) is 0 Å². The lowest BCUT2D eigenvalue weighted by molar-refractivity contribution is 0.0692. The van der Waals surface area contributed by atoms with E-state index in [9.17, 15) is 4.79 Å². The summed E-state index contributed by atoms with van der Waals surface area (Å²) in [7, 11) is 0. The van der Waals surface area contributed by atoms with E-state index in [-0.39, 0.29) is 11.6 Å². The van der Waals surface area contributed by atoms with Gasteiger partial charge in [0.2, 0.25) is 0 Å². The quantitative estimate of drug-likeness (QED) is 0.807. The molecule has 2 heterocycles. The molecule has 0 saturated carbocycles. The second kappa shape index (κ2) is 3.34. The molecule has 78 valence electrons. The first-order valence-corrected chi connectivity index (χ1v) is 4.66. The molecule has 0 spiro atoms. The van der Waals surface area contributed by atoms with E-state index in [1.165, 1.54) is 6.20 Å². The molecule has 1 N–H and O–H groups in total.